The number of carbonyl (C=O) groups excluding carboxylic acids is 1. The van der Waals surface area contributed by atoms with Crippen molar-refractivity contribution in [3.8, 4) is 0 Å². The second kappa shape index (κ2) is 7.16. The molecule has 0 aliphatic carbocycles. The number of carbonyl (C=O) groups is 1. The molecule has 0 bridgehead atoms. The quantitative estimate of drug-likeness (QED) is 0.609. The Labute approximate surface area is 152 Å². The first-order valence-electron chi connectivity index (χ1n) is 7.33. The molecule has 0 aromatic carbocycles. The van der Waals surface area contributed by atoms with Crippen molar-refractivity contribution in [1.82, 2.24) is 14.3 Å². The van der Waals surface area contributed by atoms with E-state index in [-0.39, 0.29) is 24.4 Å². The molecule has 3 aromatic rings. The predicted octanol–water partition coefficient (Wildman–Crippen LogP) is 1.49. The molecule has 0 atom stereocenters. The van der Waals surface area contributed by atoms with Crippen LogP contribution in [0.4, 0.5) is 0 Å². The van der Waals surface area contributed by atoms with E-state index in [1.165, 1.54) is 33.6 Å². The number of hydrogen-bond donors (Lipinski definition) is 1. The lowest BCUT2D eigenvalue weighted by molar-refractivity contribution is 0.0974. The lowest BCUT2D eigenvalue weighted by Crippen LogP contribution is -2.24. The molecule has 0 spiro atoms. The molecule has 132 valence electrons. The van der Waals surface area contributed by atoms with Crippen LogP contribution in [0, 0.1) is 0 Å². The summed E-state index contributed by atoms with van der Waals surface area (Å²) in [6.07, 6.45) is 3.00. The van der Waals surface area contributed by atoms with Gasteiger partial charge in [0.2, 0.25) is 10.0 Å². The van der Waals surface area contributed by atoms with Crippen molar-refractivity contribution in [2.45, 2.75) is 13.0 Å². The molecule has 0 fully saturated rings. The number of nitrogens with zero attached hydrogens (tertiary/aromatic N) is 2. The van der Waals surface area contributed by atoms with E-state index in [9.17, 15) is 18.0 Å². The van der Waals surface area contributed by atoms with Crippen LogP contribution in [0.15, 0.2) is 34.7 Å². The Balaban J connectivity index is 1.69. The van der Waals surface area contributed by atoms with Gasteiger partial charge in [-0.05, 0) is 30.0 Å². The first-order chi connectivity index (χ1) is 11.8. The van der Waals surface area contributed by atoms with Gasteiger partial charge in [0.25, 0.3) is 5.56 Å². The molecule has 7 nitrogen and oxygen atoms in total. The Kier molecular flexibility index (Phi) is 5.13. The Hall–Kier alpha value is -1.88. The van der Waals surface area contributed by atoms with Gasteiger partial charge in [0.05, 0.1) is 29.5 Å². The highest BCUT2D eigenvalue weighted by atomic mass is 32.2. The zero-order valence-electron chi connectivity index (χ0n) is 13.3. The third-order valence-corrected chi connectivity index (χ3v) is 6.23. The summed E-state index contributed by atoms with van der Waals surface area (Å²) in [5.41, 5.74) is 0.415. The van der Waals surface area contributed by atoms with Crippen LogP contribution in [0.5, 0.6) is 0 Å². The van der Waals surface area contributed by atoms with Gasteiger partial charge in [-0.15, -0.1) is 22.7 Å². The number of aromatic nitrogens is 2. The monoisotopic (exact) mass is 397 g/mol. The average molecular weight is 398 g/mol. The minimum absolute atomic E-state index is 0.0682. The van der Waals surface area contributed by atoms with E-state index in [0.717, 1.165) is 11.1 Å². The third-order valence-electron chi connectivity index (χ3n) is 3.42. The minimum Gasteiger partial charge on any atom is -0.291 e. The molecule has 10 heteroatoms. The molecule has 0 amide bonds. The minimum atomic E-state index is -3.22. The Morgan fingerprint density at radius 3 is 2.88 bits per heavy atom. The van der Waals surface area contributed by atoms with Crippen molar-refractivity contribution in [3.05, 3.63) is 50.0 Å². The normalized spacial score (nSPS) is 11.9. The number of sulfonamides is 1. The SMILES string of the molecule is CS(=O)(=O)NCCc1ccc(C(=O)Cn2cnc3ccsc3c2=O)s1. The van der Waals surface area contributed by atoms with Crippen LogP contribution in [-0.4, -0.2) is 36.6 Å². The van der Waals surface area contributed by atoms with Gasteiger partial charge in [-0.1, -0.05) is 0 Å². The third kappa shape index (κ3) is 4.40. The van der Waals surface area contributed by atoms with Crippen molar-refractivity contribution >= 4 is 48.7 Å². The molecule has 0 aliphatic heterocycles. The second-order valence-corrected chi connectivity index (χ2v) is 9.34. The van der Waals surface area contributed by atoms with Crippen molar-refractivity contribution in [2.24, 2.45) is 0 Å². The van der Waals surface area contributed by atoms with Crippen LogP contribution in [0.2, 0.25) is 0 Å². The summed E-state index contributed by atoms with van der Waals surface area (Å²) in [4.78, 5) is 30.3. The second-order valence-electron chi connectivity index (χ2n) is 5.42. The van der Waals surface area contributed by atoms with Crippen molar-refractivity contribution in [3.63, 3.8) is 0 Å². The Morgan fingerprint density at radius 2 is 2.12 bits per heavy atom. The van der Waals surface area contributed by atoms with Crippen LogP contribution in [-0.2, 0) is 23.0 Å². The maximum atomic E-state index is 12.4. The van der Waals surface area contributed by atoms with Crippen LogP contribution >= 0.6 is 22.7 Å². The largest absolute Gasteiger partial charge is 0.291 e. The molecular weight excluding hydrogens is 382 g/mol. The molecule has 0 radical (unpaired) electrons. The molecule has 0 aliphatic rings. The molecule has 0 unspecified atom stereocenters. The van der Waals surface area contributed by atoms with E-state index in [0.29, 0.717) is 21.5 Å². The van der Waals surface area contributed by atoms with E-state index in [1.807, 2.05) is 0 Å². The number of Topliss-reactive ketones (excluding diaryl/α,β-unsaturated/α-hetero) is 1. The van der Waals surface area contributed by atoms with Crippen LogP contribution in [0.25, 0.3) is 10.2 Å². The van der Waals surface area contributed by atoms with E-state index in [2.05, 4.69) is 9.71 Å². The topological polar surface area (TPSA) is 98.1 Å². The highest BCUT2D eigenvalue weighted by molar-refractivity contribution is 7.88. The predicted molar refractivity (Wildman–Crippen MR) is 99.1 cm³/mol. The van der Waals surface area contributed by atoms with Crippen molar-refractivity contribution < 1.29 is 13.2 Å². The fraction of sp³-hybridized carbons (Fsp3) is 0.267. The first kappa shape index (κ1) is 17.9. The van der Waals surface area contributed by atoms with Gasteiger partial charge in [0.1, 0.15) is 4.70 Å². The van der Waals surface area contributed by atoms with Gasteiger partial charge in [0.15, 0.2) is 5.78 Å². The average Bonchev–Trinajstić information content (AvgIpc) is 3.18. The molecule has 3 heterocycles. The fourth-order valence-electron chi connectivity index (χ4n) is 2.25. The Morgan fingerprint density at radius 1 is 1.32 bits per heavy atom. The Bertz CT molecular complexity index is 1080. The van der Waals surface area contributed by atoms with Gasteiger partial charge in [-0.2, -0.15) is 0 Å². The van der Waals surface area contributed by atoms with Crippen LogP contribution < -0.4 is 10.3 Å². The van der Waals surface area contributed by atoms with E-state index in [1.54, 1.807) is 23.6 Å². The highest BCUT2D eigenvalue weighted by Gasteiger charge is 2.13. The number of fused-ring (bicyclic) bond motifs is 1. The number of nitrogens with one attached hydrogen (secondary N) is 1. The number of thiophene rings is 2. The van der Waals surface area contributed by atoms with Crippen molar-refractivity contribution in [1.29, 1.82) is 0 Å². The molecule has 1 N–H and O–H groups in total. The summed E-state index contributed by atoms with van der Waals surface area (Å²) in [5.74, 6) is -0.174. The summed E-state index contributed by atoms with van der Waals surface area (Å²) in [6.45, 7) is 0.215. The molecule has 0 saturated heterocycles. The summed E-state index contributed by atoms with van der Waals surface area (Å²) in [6, 6.07) is 5.26. The van der Waals surface area contributed by atoms with Gasteiger partial charge < -0.3 is 0 Å². The molecule has 0 saturated carbocycles. The molecule has 3 rings (SSSR count). The molecule has 3 aromatic heterocycles. The van der Waals surface area contributed by atoms with Gasteiger partial charge >= 0.3 is 0 Å². The summed E-state index contributed by atoms with van der Waals surface area (Å²) >= 11 is 2.61. The number of hydrogen-bond acceptors (Lipinski definition) is 7. The molecule has 25 heavy (non-hydrogen) atoms. The zero-order chi connectivity index (χ0) is 18.0. The number of ketones is 1. The summed E-state index contributed by atoms with van der Waals surface area (Å²) < 4.78 is 26.3. The van der Waals surface area contributed by atoms with Crippen LogP contribution in [0.1, 0.15) is 14.5 Å². The summed E-state index contributed by atoms with van der Waals surface area (Å²) in [7, 11) is -3.22. The standard InChI is InChI=1S/C15H15N3O4S3/c1-25(21,22)17-6-4-10-2-3-13(24-10)12(19)8-18-9-16-11-5-7-23-14(11)15(18)20/h2-3,5,7,9,17H,4,6,8H2,1H3. The first-order valence-corrected chi connectivity index (χ1v) is 10.9. The van der Waals surface area contributed by atoms with Crippen molar-refractivity contribution in [2.75, 3.05) is 12.8 Å². The van der Waals surface area contributed by atoms with E-state index < -0.39 is 10.0 Å². The van der Waals surface area contributed by atoms with Gasteiger partial charge in [0, 0.05) is 11.4 Å². The lowest BCUT2D eigenvalue weighted by Gasteiger charge is -2.03. The van der Waals surface area contributed by atoms with E-state index >= 15 is 0 Å². The zero-order valence-corrected chi connectivity index (χ0v) is 15.7. The lowest BCUT2D eigenvalue weighted by atomic mass is 10.3. The highest BCUT2D eigenvalue weighted by Crippen LogP contribution is 2.18. The maximum Gasteiger partial charge on any atom is 0.271 e. The van der Waals surface area contributed by atoms with E-state index in [4.69, 9.17) is 0 Å². The van der Waals surface area contributed by atoms with Crippen LogP contribution in [0.3, 0.4) is 0 Å². The maximum absolute atomic E-state index is 12.4. The fourth-order valence-corrected chi connectivity index (χ4v) is 4.45. The smallest absolute Gasteiger partial charge is 0.271 e. The van der Waals surface area contributed by atoms with Gasteiger partial charge in [-0.25, -0.2) is 18.1 Å². The summed E-state index contributed by atoms with van der Waals surface area (Å²) in [5, 5.41) is 1.79. The number of rotatable bonds is 7. The van der Waals surface area contributed by atoms with Gasteiger partial charge in [-0.3, -0.25) is 14.2 Å². The molecular formula is C15H15N3O4S3.